The molecule has 0 bridgehead atoms. The molecule has 3 heterocycles. The van der Waals surface area contributed by atoms with E-state index in [4.69, 9.17) is 5.11 Å². The zero-order chi connectivity index (χ0) is 18.8. The minimum Gasteiger partial charge on any atom is -0.476 e. The highest BCUT2D eigenvalue weighted by Crippen LogP contribution is 2.23. The molecule has 27 heavy (non-hydrogen) atoms. The van der Waals surface area contributed by atoms with E-state index in [0.29, 0.717) is 23.0 Å². The molecule has 0 saturated heterocycles. The highest BCUT2D eigenvalue weighted by atomic mass is 16.4. The van der Waals surface area contributed by atoms with Crippen molar-refractivity contribution in [2.75, 3.05) is 0 Å². The number of aromatic nitrogens is 5. The number of aryl methyl sites for hydroxylation is 1. The van der Waals surface area contributed by atoms with Crippen LogP contribution in [-0.2, 0) is 0 Å². The Hall–Kier alpha value is -3.87. The summed E-state index contributed by atoms with van der Waals surface area (Å²) >= 11 is 0. The van der Waals surface area contributed by atoms with Crippen LogP contribution in [0.15, 0.2) is 67.3 Å². The van der Waals surface area contributed by atoms with Gasteiger partial charge in [-0.15, -0.1) is 0 Å². The van der Waals surface area contributed by atoms with Gasteiger partial charge in [0, 0.05) is 24.0 Å². The van der Waals surface area contributed by atoms with Crippen molar-refractivity contribution < 1.29 is 9.90 Å². The Kier molecular flexibility index (Phi) is 4.18. The summed E-state index contributed by atoms with van der Waals surface area (Å²) in [6.45, 7) is 2.01. The maximum Gasteiger partial charge on any atom is 0.356 e. The van der Waals surface area contributed by atoms with Gasteiger partial charge in [-0.3, -0.25) is 9.55 Å². The van der Waals surface area contributed by atoms with Gasteiger partial charge in [0.2, 0.25) is 0 Å². The van der Waals surface area contributed by atoms with Gasteiger partial charge in [0.25, 0.3) is 0 Å². The minimum atomic E-state index is -1.09. The normalized spacial score (nSPS) is 10.7. The van der Waals surface area contributed by atoms with Gasteiger partial charge in [-0.1, -0.05) is 35.9 Å². The molecule has 0 saturated carbocycles. The number of hydrogen-bond acceptors (Lipinski definition) is 5. The zero-order valence-corrected chi connectivity index (χ0v) is 14.4. The quantitative estimate of drug-likeness (QED) is 0.602. The molecule has 0 unspecified atom stereocenters. The lowest BCUT2D eigenvalue weighted by Gasteiger charge is -2.09. The third-order valence-electron chi connectivity index (χ3n) is 4.02. The average molecular weight is 357 g/mol. The number of hydrogen-bond donors (Lipinski definition) is 1. The molecule has 7 heteroatoms. The monoisotopic (exact) mass is 357 g/mol. The molecule has 0 amide bonds. The maximum atomic E-state index is 11.1. The molecule has 4 rings (SSSR count). The average Bonchev–Trinajstić information content (AvgIpc) is 3.20. The van der Waals surface area contributed by atoms with Crippen LogP contribution < -0.4 is 0 Å². The molecular formula is C20H15N5O2. The molecule has 0 fully saturated rings. The van der Waals surface area contributed by atoms with E-state index in [1.54, 1.807) is 16.8 Å². The van der Waals surface area contributed by atoms with Crippen LogP contribution in [0.25, 0.3) is 28.6 Å². The Morgan fingerprint density at radius 1 is 1.00 bits per heavy atom. The second-order valence-electron chi connectivity index (χ2n) is 5.99. The first-order valence-electron chi connectivity index (χ1n) is 8.25. The van der Waals surface area contributed by atoms with Crippen LogP contribution in [0.3, 0.4) is 0 Å². The number of carbonyl (C=O) groups is 1. The first-order chi connectivity index (χ1) is 13.1. The number of carboxylic acid groups (broad SMARTS) is 1. The van der Waals surface area contributed by atoms with Crippen LogP contribution in [0.2, 0.25) is 0 Å². The molecule has 3 aromatic heterocycles. The van der Waals surface area contributed by atoms with E-state index >= 15 is 0 Å². The van der Waals surface area contributed by atoms with Gasteiger partial charge in [-0.2, -0.15) is 0 Å². The molecule has 0 aliphatic carbocycles. The van der Waals surface area contributed by atoms with Crippen LogP contribution >= 0.6 is 0 Å². The Labute approximate surface area is 155 Å². The maximum absolute atomic E-state index is 11.1. The number of nitrogens with zero attached hydrogens (tertiary/aromatic N) is 5. The van der Waals surface area contributed by atoms with Crippen LogP contribution in [0, 0.1) is 6.92 Å². The second-order valence-corrected chi connectivity index (χ2v) is 5.99. The number of rotatable bonds is 4. The molecule has 0 aliphatic heterocycles. The Bertz CT molecular complexity index is 1100. The minimum absolute atomic E-state index is 0.0510. The fourth-order valence-electron chi connectivity index (χ4n) is 2.60. The summed E-state index contributed by atoms with van der Waals surface area (Å²) in [4.78, 5) is 28.6. The van der Waals surface area contributed by atoms with Crippen molar-refractivity contribution in [2.24, 2.45) is 0 Å². The number of imidazole rings is 1. The van der Waals surface area contributed by atoms with Gasteiger partial charge < -0.3 is 5.11 Å². The first kappa shape index (κ1) is 16.6. The van der Waals surface area contributed by atoms with E-state index < -0.39 is 5.97 Å². The van der Waals surface area contributed by atoms with Gasteiger partial charge in [-0.25, -0.2) is 19.7 Å². The van der Waals surface area contributed by atoms with Crippen molar-refractivity contribution in [2.45, 2.75) is 6.92 Å². The lowest BCUT2D eigenvalue weighted by atomic mass is 10.1. The van der Waals surface area contributed by atoms with Gasteiger partial charge >= 0.3 is 5.97 Å². The van der Waals surface area contributed by atoms with Gasteiger partial charge in [0.15, 0.2) is 11.5 Å². The van der Waals surface area contributed by atoms with Crippen molar-refractivity contribution in [1.29, 1.82) is 0 Å². The molecule has 0 radical (unpaired) electrons. The second kappa shape index (κ2) is 6.80. The summed E-state index contributed by atoms with van der Waals surface area (Å²) in [5.41, 5.74) is 3.29. The van der Waals surface area contributed by atoms with Crippen molar-refractivity contribution in [3.05, 3.63) is 78.5 Å². The van der Waals surface area contributed by atoms with Crippen molar-refractivity contribution >= 4 is 5.97 Å². The van der Waals surface area contributed by atoms with Crippen LogP contribution in [0.4, 0.5) is 0 Å². The molecule has 0 atom stereocenters. The SMILES string of the molecule is Cc1ccc(-c2nc(-c3ccccn3)cc(-n3cnc(C(=O)O)c3)n2)cc1. The summed E-state index contributed by atoms with van der Waals surface area (Å²) in [6.07, 6.45) is 4.54. The first-order valence-corrected chi connectivity index (χ1v) is 8.25. The fourth-order valence-corrected chi connectivity index (χ4v) is 2.60. The van der Waals surface area contributed by atoms with Crippen molar-refractivity contribution in [1.82, 2.24) is 24.5 Å². The van der Waals surface area contributed by atoms with E-state index in [-0.39, 0.29) is 5.69 Å². The van der Waals surface area contributed by atoms with E-state index in [2.05, 4.69) is 19.9 Å². The van der Waals surface area contributed by atoms with Gasteiger partial charge in [0.05, 0.1) is 11.4 Å². The Morgan fingerprint density at radius 3 is 2.48 bits per heavy atom. The van der Waals surface area contributed by atoms with Crippen LogP contribution in [0.5, 0.6) is 0 Å². The summed E-state index contributed by atoms with van der Waals surface area (Å²) in [5.74, 6) is -0.0496. The summed E-state index contributed by atoms with van der Waals surface area (Å²) in [5, 5.41) is 9.12. The van der Waals surface area contributed by atoms with Crippen molar-refractivity contribution in [3.63, 3.8) is 0 Å². The Balaban J connectivity index is 1.88. The molecule has 132 valence electrons. The smallest absolute Gasteiger partial charge is 0.356 e. The highest BCUT2D eigenvalue weighted by molar-refractivity contribution is 5.85. The fraction of sp³-hybridized carbons (Fsp3) is 0.0500. The lowest BCUT2D eigenvalue weighted by molar-refractivity contribution is 0.0691. The topological polar surface area (TPSA) is 93.8 Å². The predicted octanol–water partition coefficient (Wildman–Crippen LogP) is 3.40. The highest BCUT2D eigenvalue weighted by Gasteiger charge is 2.13. The lowest BCUT2D eigenvalue weighted by Crippen LogP contribution is -2.02. The molecule has 7 nitrogen and oxygen atoms in total. The number of carboxylic acids is 1. The summed E-state index contributed by atoms with van der Waals surface area (Å²) in [6, 6.07) is 15.2. The molecule has 4 aromatic rings. The standard InChI is InChI=1S/C20H15N5O2/c1-13-5-7-14(8-6-13)19-23-16(15-4-2-3-9-21-15)10-18(24-19)25-11-17(20(26)27)22-12-25/h2-12H,1H3,(H,26,27). The van der Waals surface area contributed by atoms with Gasteiger partial charge in [-0.05, 0) is 19.1 Å². The molecule has 1 aromatic carbocycles. The van der Waals surface area contributed by atoms with Crippen LogP contribution in [0.1, 0.15) is 16.1 Å². The molecule has 0 aliphatic rings. The predicted molar refractivity (Wildman–Crippen MR) is 99.5 cm³/mol. The number of pyridine rings is 1. The number of benzene rings is 1. The van der Waals surface area contributed by atoms with E-state index in [0.717, 1.165) is 11.1 Å². The molecule has 0 spiro atoms. The van der Waals surface area contributed by atoms with E-state index in [1.807, 2.05) is 49.4 Å². The Morgan fingerprint density at radius 2 is 1.81 bits per heavy atom. The van der Waals surface area contributed by atoms with E-state index in [1.165, 1.54) is 12.5 Å². The van der Waals surface area contributed by atoms with Crippen molar-refractivity contribution in [3.8, 4) is 28.6 Å². The molecule has 1 N–H and O–H groups in total. The number of aromatic carboxylic acids is 1. The summed E-state index contributed by atoms with van der Waals surface area (Å²) < 4.78 is 1.56. The third kappa shape index (κ3) is 3.43. The summed E-state index contributed by atoms with van der Waals surface area (Å²) in [7, 11) is 0. The molecular weight excluding hydrogens is 342 g/mol. The van der Waals surface area contributed by atoms with E-state index in [9.17, 15) is 4.79 Å². The largest absolute Gasteiger partial charge is 0.476 e. The third-order valence-corrected chi connectivity index (χ3v) is 4.02. The van der Waals surface area contributed by atoms with Gasteiger partial charge in [0.1, 0.15) is 12.1 Å². The zero-order valence-electron chi connectivity index (χ0n) is 14.4. The van der Waals surface area contributed by atoms with Crippen LogP contribution in [-0.4, -0.2) is 35.6 Å².